The minimum Gasteiger partial charge on any atom is -0.496 e. The molecule has 1 atom stereocenters. The summed E-state index contributed by atoms with van der Waals surface area (Å²) in [5, 5.41) is 3.41. The summed E-state index contributed by atoms with van der Waals surface area (Å²) >= 11 is 0. The second-order valence-electron chi connectivity index (χ2n) is 6.67. The van der Waals surface area contributed by atoms with Crippen molar-refractivity contribution in [1.29, 1.82) is 0 Å². The lowest BCUT2D eigenvalue weighted by Crippen LogP contribution is -2.48. The van der Waals surface area contributed by atoms with E-state index in [1.807, 2.05) is 0 Å². The van der Waals surface area contributed by atoms with Crippen LogP contribution in [0.2, 0.25) is 0 Å². The van der Waals surface area contributed by atoms with Crippen molar-refractivity contribution >= 4 is 5.69 Å². The normalized spacial score (nSPS) is 20.3. The predicted octanol–water partition coefficient (Wildman–Crippen LogP) is 3.92. The molecule has 0 unspecified atom stereocenters. The fourth-order valence-corrected chi connectivity index (χ4v) is 3.74. The number of benzene rings is 1. The Morgan fingerprint density at radius 2 is 2.05 bits per heavy atom. The van der Waals surface area contributed by atoms with Gasteiger partial charge in [0.2, 0.25) is 0 Å². The van der Waals surface area contributed by atoms with Gasteiger partial charge >= 0.3 is 0 Å². The van der Waals surface area contributed by atoms with E-state index in [9.17, 15) is 0 Å². The Hall–Kier alpha value is -1.22. The van der Waals surface area contributed by atoms with E-state index in [4.69, 9.17) is 4.74 Å². The smallest absolute Gasteiger partial charge is 0.125 e. The maximum atomic E-state index is 5.64. The van der Waals surface area contributed by atoms with Gasteiger partial charge in [-0.15, -0.1) is 0 Å². The van der Waals surface area contributed by atoms with Crippen LogP contribution in [-0.4, -0.2) is 25.7 Å². The van der Waals surface area contributed by atoms with Gasteiger partial charge in [0.1, 0.15) is 5.75 Å². The van der Waals surface area contributed by atoms with Gasteiger partial charge in [-0.2, -0.15) is 0 Å². The van der Waals surface area contributed by atoms with Crippen molar-refractivity contribution in [2.24, 2.45) is 0 Å². The quantitative estimate of drug-likeness (QED) is 0.889. The van der Waals surface area contributed by atoms with Gasteiger partial charge in [-0.3, -0.25) is 0 Å². The van der Waals surface area contributed by atoms with Crippen molar-refractivity contribution in [3.05, 3.63) is 23.3 Å². The van der Waals surface area contributed by atoms with Crippen LogP contribution in [-0.2, 0) is 6.54 Å². The molecule has 0 spiro atoms. The highest BCUT2D eigenvalue weighted by molar-refractivity contribution is 5.64. The summed E-state index contributed by atoms with van der Waals surface area (Å²) in [6.45, 7) is 14.3. The molecule has 0 bridgehead atoms. The van der Waals surface area contributed by atoms with Crippen molar-refractivity contribution < 1.29 is 4.74 Å². The van der Waals surface area contributed by atoms with Crippen LogP contribution in [0.4, 0.5) is 5.69 Å². The summed E-state index contributed by atoms with van der Waals surface area (Å²) in [5.74, 6) is 1.59. The summed E-state index contributed by atoms with van der Waals surface area (Å²) in [7, 11) is 1.77. The third kappa shape index (κ3) is 3.03. The van der Waals surface area contributed by atoms with Crippen LogP contribution in [0.1, 0.15) is 58.1 Å². The lowest BCUT2D eigenvalue weighted by molar-refractivity contribution is 0.376. The monoisotopic (exact) mass is 290 g/mol. The van der Waals surface area contributed by atoms with Crippen molar-refractivity contribution in [1.82, 2.24) is 5.32 Å². The Morgan fingerprint density at radius 1 is 1.33 bits per heavy atom. The highest BCUT2D eigenvalue weighted by Crippen LogP contribution is 2.45. The molecule has 0 saturated carbocycles. The fourth-order valence-electron chi connectivity index (χ4n) is 3.74. The highest BCUT2D eigenvalue weighted by Gasteiger charge is 2.36. The van der Waals surface area contributed by atoms with Crippen LogP contribution in [0.15, 0.2) is 12.1 Å². The van der Waals surface area contributed by atoms with Crippen molar-refractivity contribution in [3.63, 3.8) is 0 Å². The minimum atomic E-state index is 0.204. The average Bonchev–Trinajstić information content (AvgIpc) is 2.44. The molecule has 1 heterocycles. The predicted molar refractivity (Wildman–Crippen MR) is 90.5 cm³/mol. The first-order valence-electron chi connectivity index (χ1n) is 8.13. The lowest BCUT2D eigenvalue weighted by Gasteiger charge is -2.47. The zero-order chi connectivity index (χ0) is 15.6. The van der Waals surface area contributed by atoms with Crippen LogP contribution in [0, 0.1) is 0 Å². The Bertz CT molecular complexity index is 496. The molecule has 1 aromatic rings. The number of ether oxygens (including phenoxy) is 1. The molecule has 1 aromatic carbocycles. The van der Waals surface area contributed by atoms with Crippen LogP contribution in [0.3, 0.4) is 0 Å². The Kier molecular flexibility index (Phi) is 4.82. The molecule has 0 amide bonds. The molecule has 0 fully saturated rings. The summed E-state index contributed by atoms with van der Waals surface area (Å²) in [6.07, 6.45) is 1.20. The average molecular weight is 290 g/mol. The molecular weight excluding hydrogens is 260 g/mol. The molecule has 0 radical (unpaired) electrons. The van der Waals surface area contributed by atoms with Crippen molar-refractivity contribution in [2.45, 2.75) is 59.0 Å². The van der Waals surface area contributed by atoms with Crippen LogP contribution in [0.25, 0.3) is 0 Å². The minimum absolute atomic E-state index is 0.204. The van der Waals surface area contributed by atoms with E-state index in [0.717, 1.165) is 25.4 Å². The fraction of sp³-hybridized carbons (Fsp3) is 0.667. The number of nitrogens with one attached hydrogen (secondary N) is 1. The molecule has 118 valence electrons. The first-order valence-corrected chi connectivity index (χ1v) is 8.13. The summed E-state index contributed by atoms with van der Waals surface area (Å²) < 4.78 is 5.64. The van der Waals surface area contributed by atoms with Gasteiger partial charge in [0, 0.05) is 35.9 Å². The molecule has 2 rings (SSSR count). The van der Waals surface area contributed by atoms with Crippen molar-refractivity contribution in [3.8, 4) is 5.75 Å². The van der Waals surface area contributed by atoms with Crippen molar-refractivity contribution in [2.75, 3.05) is 25.1 Å². The summed E-state index contributed by atoms with van der Waals surface area (Å²) in [4.78, 5) is 2.52. The zero-order valence-corrected chi connectivity index (χ0v) is 14.4. The molecule has 3 nitrogen and oxygen atoms in total. The molecule has 1 aliphatic rings. The largest absolute Gasteiger partial charge is 0.496 e. The van der Waals surface area contributed by atoms with E-state index < -0.39 is 0 Å². The zero-order valence-electron chi connectivity index (χ0n) is 14.4. The SMILES string of the molecule is CCNCc1cc2c(cc1OC)N(CC)C(C)(C)C[C@@H]2C. The van der Waals surface area contributed by atoms with Gasteiger partial charge in [0.25, 0.3) is 0 Å². The topological polar surface area (TPSA) is 24.5 Å². The molecule has 1 N–H and O–H groups in total. The third-order valence-electron chi connectivity index (χ3n) is 4.67. The molecule has 21 heavy (non-hydrogen) atoms. The number of rotatable bonds is 5. The first kappa shape index (κ1) is 16.2. The Balaban J connectivity index is 2.50. The van der Waals surface area contributed by atoms with Gasteiger partial charge in [0.15, 0.2) is 0 Å². The Labute approximate surface area is 129 Å². The lowest BCUT2D eigenvalue weighted by atomic mass is 9.79. The van der Waals surface area contributed by atoms with Gasteiger partial charge in [0.05, 0.1) is 7.11 Å². The van der Waals surface area contributed by atoms with E-state index in [1.165, 1.54) is 23.2 Å². The van der Waals surface area contributed by atoms with Gasteiger partial charge in [-0.25, -0.2) is 0 Å². The Morgan fingerprint density at radius 3 is 2.62 bits per heavy atom. The van der Waals surface area contributed by atoms with E-state index in [2.05, 4.69) is 57.0 Å². The second kappa shape index (κ2) is 6.27. The molecule has 0 aliphatic carbocycles. The molecular formula is C18H30N2O. The van der Waals surface area contributed by atoms with Crippen LogP contribution in [0.5, 0.6) is 5.75 Å². The number of methoxy groups -OCH3 is 1. The van der Waals surface area contributed by atoms with Crippen LogP contribution >= 0.6 is 0 Å². The standard InChI is InChI=1S/C18H30N2O/c1-7-19-12-14-9-15-13(3)11-18(4,5)20(8-2)16(15)10-17(14)21-6/h9-10,13,19H,7-8,11-12H2,1-6H3/t13-/m0/s1. The third-order valence-corrected chi connectivity index (χ3v) is 4.67. The maximum absolute atomic E-state index is 5.64. The van der Waals surface area contributed by atoms with E-state index in [1.54, 1.807) is 7.11 Å². The summed E-state index contributed by atoms with van der Waals surface area (Å²) in [6, 6.07) is 4.59. The van der Waals surface area contributed by atoms with Crippen LogP contribution < -0.4 is 15.0 Å². The number of nitrogens with zero attached hydrogens (tertiary/aromatic N) is 1. The number of hydrogen-bond acceptors (Lipinski definition) is 3. The number of fused-ring (bicyclic) bond motifs is 1. The van der Waals surface area contributed by atoms with Gasteiger partial charge in [-0.1, -0.05) is 13.8 Å². The first-order chi connectivity index (χ1) is 9.94. The molecule has 3 heteroatoms. The van der Waals surface area contributed by atoms with E-state index >= 15 is 0 Å². The van der Waals surface area contributed by atoms with E-state index in [-0.39, 0.29) is 5.54 Å². The summed E-state index contributed by atoms with van der Waals surface area (Å²) in [5.41, 5.74) is 4.28. The van der Waals surface area contributed by atoms with Gasteiger partial charge < -0.3 is 15.0 Å². The molecule has 0 saturated heterocycles. The highest BCUT2D eigenvalue weighted by atomic mass is 16.5. The maximum Gasteiger partial charge on any atom is 0.125 e. The second-order valence-corrected chi connectivity index (χ2v) is 6.67. The van der Waals surface area contributed by atoms with E-state index in [0.29, 0.717) is 5.92 Å². The van der Waals surface area contributed by atoms with Gasteiger partial charge in [-0.05, 0) is 51.3 Å². The number of anilines is 1. The molecule has 1 aliphatic heterocycles. The molecule has 0 aromatic heterocycles. The number of hydrogen-bond donors (Lipinski definition) is 1.